The summed E-state index contributed by atoms with van der Waals surface area (Å²) in [4.78, 5) is 4.69. The summed E-state index contributed by atoms with van der Waals surface area (Å²) >= 11 is 0. The van der Waals surface area contributed by atoms with Crippen LogP contribution in [0.3, 0.4) is 0 Å². The maximum atomic E-state index is 12.9. The van der Waals surface area contributed by atoms with Gasteiger partial charge in [-0.3, -0.25) is 0 Å². The predicted octanol–water partition coefficient (Wildman–Crippen LogP) is 3.69. The topological polar surface area (TPSA) is 71.1 Å². The first kappa shape index (κ1) is 19.3. The SMILES string of the molecule is Cc1cc2cc(C)c(NCCNS(=O)(=O)c3ccc(F)cc3)nc2cc1C. The highest BCUT2D eigenvalue weighted by Gasteiger charge is 2.13. The van der Waals surface area contributed by atoms with Crippen molar-refractivity contribution in [2.24, 2.45) is 0 Å². The van der Waals surface area contributed by atoms with Crippen molar-refractivity contribution >= 4 is 26.7 Å². The number of nitrogens with one attached hydrogen (secondary N) is 2. The number of hydrogen-bond donors (Lipinski definition) is 2. The van der Waals surface area contributed by atoms with Crippen LogP contribution in [0.4, 0.5) is 10.2 Å². The van der Waals surface area contributed by atoms with Crippen LogP contribution in [0, 0.1) is 26.6 Å². The first-order valence-corrected chi connectivity index (χ1v) is 10.1. The lowest BCUT2D eigenvalue weighted by atomic mass is 10.1. The molecule has 0 atom stereocenters. The van der Waals surface area contributed by atoms with Crippen LogP contribution in [0.5, 0.6) is 0 Å². The van der Waals surface area contributed by atoms with Crippen LogP contribution in [0.2, 0.25) is 0 Å². The third kappa shape index (κ3) is 4.43. The smallest absolute Gasteiger partial charge is 0.240 e. The maximum absolute atomic E-state index is 12.9. The molecule has 0 unspecified atom stereocenters. The quantitative estimate of drug-likeness (QED) is 0.633. The zero-order valence-electron chi connectivity index (χ0n) is 15.5. The van der Waals surface area contributed by atoms with Crippen LogP contribution >= 0.6 is 0 Å². The fraction of sp³-hybridized carbons (Fsp3) is 0.250. The second kappa shape index (κ2) is 7.62. The largest absolute Gasteiger partial charge is 0.369 e. The van der Waals surface area contributed by atoms with Gasteiger partial charge in [0.05, 0.1) is 10.4 Å². The molecule has 0 radical (unpaired) electrons. The number of hydrogen-bond acceptors (Lipinski definition) is 4. The average Bonchev–Trinajstić information content (AvgIpc) is 2.61. The molecule has 0 saturated carbocycles. The molecule has 0 fully saturated rings. The Kier molecular flexibility index (Phi) is 5.43. The van der Waals surface area contributed by atoms with Crippen molar-refractivity contribution in [2.45, 2.75) is 25.7 Å². The lowest BCUT2D eigenvalue weighted by Gasteiger charge is -2.12. The van der Waals surface area contributed by atoms with Crippen molar-refractivity contribution in [1.29, 1.82) is 0 Å². The van der Waals surface area contributed by atoms with Crippen LogP contribution in [0.15, 0.2) is 47.4 Å². The third-order valence-electron chi connectivity index (χ3n) is 4.45. The van der Waals surface area contributed by atoms with E-state index in [1.807, 2.05) is 19.9 Å². The second-order valence-electron chi connectivity index (χ2n) is 6.56. The number of pyridine rings is 1. The van der Waals surface area contributed by atoms with Crippen molar-refractivity contribution < 1.29 is 12.8 Å². The minimum absolute atomic E-state index is 0.0368. The van der Waals surface area contributed by atoms with E-state index in [4.69, 9.17) is 0 Å². The molecule has 2 aromatic carbocycles. The van der Waals surface area contributed by atoms with Crippen molar-refractivity contribution in [2.75, 3.05) is 18.4 Å². The first-order chi connectivity index (χ1) is 12.8. The number of aryl methyl sites for hydroxylation is 3. The van der Waals surface area contributed by atoms with Crippen molar-refractivity contribution in [1.82, 2.24) is 9.71 Å². The highest BCUT2D eigenvalue weighted by atomic mass is 32.2. The minimum atomic E-state index is -3.66. The summed E-state index contributed by atoms with van der Waals surface area (Å²) in [6.45, 7) is 6.65. The molecular weight excluding hydrogens is 365 g/mol. The standard InChI is InChI=1S/C20H22FN3O2S/c1-13-10-16-11-15(3)20(24-19(16)12-14(13)2)22-8-9-23-27(25,26)18-6-4-17(21)5-7-18/h4-7,10-12,23H,8-9H2,1-3H3,(H,22,24). The van der Waals surface area contributed by atoms with Gasteiger partial charge in [-0.25, -0.2) is 22.5 Å². The Bertz CT molecular complexity index is 1080. The summed E-state index contributed by atoms with van der Waals surface area (Å²) in [5.74, 6) is 0.255. The van der Waals surface area contributed by atoms with Crippen molar-refractivity contribution in [3.63, 3.8) is 0 Å². The lowest BCUT2D eigenvalue weighted by molar-refractivity contribution is 0.582. The number of rotatable bonds is 6. The Morgan fingerprint density at radius 1 is 0.926 bits per heavy atom. The fourth-order valence-corrected chi connectivity index (χ4v) is 3.82. The summed E-state index contributed by atoms with van der Waals surface area (Å²) in [6, 6.07) is 11.0. The molecule has 5 nitrogen and oxygen atoms in total. The number of sulfonamides is 1. The van der Waals surface area contributed by atoms with Gasteiger partial charge in [0.25, 0.3) is 0 Å². The van der Waals surface area contributed by atoms with Crippen molar-refractivity contribution in [3.05, 3.63) is 65.0 Å². The second-order valence-corrected chi connectivity index (χ2v) is 8.33. The first-order valence-electron chi connectivity index (χ1n) is 8.64. The molecule has 0 spiro atoms. The molecule has 1 aromatic heterocycles. The Morgan fingerprint density at radius 3 is 2.26 bits per heavy atom. The molecule has 2 N–H and O–H groups in total. The van der Waals surface area contributed by atoms with Crippen LogP contribution in [0.1, 0.15) is 16.7 Å². The Morgan fingerprint density at radius 2 is 1.56 bits per heavy atom. The van der Waals surface area contributed by atoms with E-state index in [9.17, 15) is 12.8 Å². The van der Waals surface area contributed by atoms with E-state index in [0.29, 0.717) is 6.54 Å². The van der Waals surface area contributed by atoms with Gasteiger partial charge in [-0.05, 0) is 79.9 Å². The molecule has 0 saturated heterocycles. The van der Waals surface area contributed by atoms with Gasteiger partial charge < -0.3 is 5.32 Å². The number of anilines is 1. The molecular formula is C20H22FN3O2S. The van der Waals surface area contributed by atoms with Gasteiger partial charge >= 0.3 is 0 Å². The van der Waals surface area contributed by atoms with Gasteiger partial charge in [0.15, 0.2) is 0 Å². The number of nitrogens with zero attached hydrogens (tertiary/aromatic N) is 1. The van der Waals surface area contributed by atoms with Gasteiger partial charge in [0.2, 0.25) is 10.0 Å². The van der Waals surface area contributed by atoms with Crippen LogP contribution in [0.25, 0.3) is 10.9 Å². The minimum Gasteiger partial charge on any atom is -0.369 e. The van der Waals surface area contributed by atoms with E-state index >= 15 is 0 Å². The summed E-state index contributed by atoms with van der Waals surface area (Å²) in [5, 5.41) is 4.26. The molecule has 0 aliphatic rings. The molecule has 0 aliphatic heterocycles. The van der Waals surface area contributed by atoms with E-state index in [-0.39, 0.29) is 11.4 Å². The lowest BCUT2D eigenvalue weighted by Crippen LogP contribution is -2.29. The molecule has 27 heavy (non-hydrogen) atoms. The summed E-state index contributed by atoms with van der Waals surface area (Å²) in [6.07, 6.45) is 0. The van der Waals surface area contributed by atoms with Crippen LogP contribution in [-0.4, -0.2) is 26.5 Å². The number of benzene rings is 2. The van der Waals surface area contributed by atoms with Gasteiger partial charge in [-0.15, -0.1) is 0 Å². The molecule has 0 bridgehead atoms. The third-order valence-corrected chi connectivity index (χ3v) is 5.93. The number of fused-ring (bicyclic) bond motifs is 1. The summed E-state index contributed by atoms with van der Waals surface area (Å²) in [5.41, 5.74) is 4.29. The van der Waals surface area contributed by atoms with Crippen LogP contribution in [-0.2, 0) is 10.0 Å². The molecule has 1 heterocycles. The molecule has 3 aromatic rings. The van der Waals surface area contributed by atoms with E-state index in [1.54, 1.807) is 0 Å². The van der Waals surface area contributed by atoms with Crippen molar-refractivity contribution in [3.8, 4) is 0 Å². The highest BCUT2D eigenvalue weighted by Crippen LogP contribution is 2.22. The molecule has 142 valence electrons. The zero-order chi connectivity index (χ0) is 19.6. The van der Waals surface area contributed by atoms with Gasteiger partial charge in [0, 0.05) is 18.5 Å². The van der Waals surface area contributed by atoms with Crippen LogP contribution < -0.4 is 10.0 Å². The van der Waals surface area contributed by atoms with Gasteiger partial charge in [-0.1, -0.05) is 0 Å². The summed E-state index contributed by atoms with van der Waals surface area (Å²) < 4.78 is 39.8. The Balaban J connectivity index is 1.66. The maximum Gasteiger partial charge on any atom is 0.240 e. The van der Waals surface area contributed by atoms with E-state index < -0.39 is 15.8 Å². The predicted molar refractivity (Wildman–Crippen MR) is 106 cm³/mol. The molecule has 0 amide bonds. The van der Waals surface area contributed by atoms with E-state index in [0.717, 1.165) is 34.4 Å². The molecule has 3 rings (SSSR count). The number of halogens is 1. The normalized spacial score (nSPS) is 11.7. The highest BCUT2D eigenvalue weighted by molar-refractivity contribution is 7.89. The fourth-order valence-electron chi connectivity index (χ4n) is 2.79. The Hall–Kier alpha value is -2.51. The Labute approximate surface area is 158 Å². The molecule has 7 heteroatoms. The summed E-state index contributed by atoms with van der Waals surface area (Å²) in [7, 11) is -3.66. The van der Waals surface area contributed by atoms with E-state index in [2.05, 4.69) is 34.1 Å². The van der Waals surface area contributed by atoms with Gasteiger partial charge in [-0.2, -0.15) is 0 Å². The van der Waals surface area contributed by atoms with Gasteiger partial charge in [0.1, 0.15) is 11.6 Å². The zero-order valence-corrected chi connectivity index (χ0v) is 16.3. The number of aromatic nitrogens is 1. The molecule has 0 aliphatic carbocycles. The average molecular weight is 387 g/mol. The monoisotopic (exact) mass is 387 g/mol. The van der Waals surface area contributed by atoms with E-state index in [1.165, 1.54) is 23.3 Å².